The van der Waals surface area contributed by atoms with Gasteiger partial charge in [0.15, 0.2) is 11.6 Å². The fourth-order valence-corrected chi connectivity index (χ4v) is 2.14. The molecule has 112 valence electrons. The van der Waals surface area contributed by atoms with E-state index in [2.05, 4.69) is 9.88 Å². The SMILES string of the molecule is CN(CCc1ccncc1)CC(N)c1ccc(F)c(F)c1. The highest BCUT2D eigenvalue weighted by atomic mass is 19.2. The minimum Gasteiger partial charge on any atom is -0.323 e. The van der Waals surface area contributed by atoms with Crippen molar-refractivity contribution in [3.05, 3.63) is 65.5 Å². The molecule has 1 heterocycles. The van der Waals surface area contributed by atoms with Gasteiger partial charge in [-0.2, -0.15) is 0 Å². The molecule has 1 atom stereocenters. The topological polar surface area (TPSA) is 42.2 Å². The van der Waals surface area contributed by atoms with Gasteiger partial charge >= 0.3 is 0 Å². The first-order valence-electron chi connectivity index (χ1n) is 6.84. The molecule has 0 saturated heterocycles. The van der Waals surface area contributed by atoms with Crippen LogP contribution in [-0.2, 0) is 6.42 Å². The van der Waals surface area contributed by atoms with Gasteiger partial charge in [-0.3, -0.25) is 4.98 Å². The van der Waals surface area contributed by atoms with Crippen LogP contribution in [0.1, 0.15) is 17.2 Å². The molecule has 0 amide bonds. The number of nitrogens with two attached hydrogens (primary N) is 1. The molecule has 5 heteroatoms. The highest BCUT2D eigenvalue weighted by molar-refractivity contribution is 5.21. The molecule has 2 rings (SSSR count). The number of hydrogen-bond acceptors (Lipinski definition) is 3. The Kier molecular flexibility index (Phi) is 5.36. The molecular formula is C16H19F2N3. The van der Waals surface area contributed by atoms with Crippen LogP contribution in [0.15, 0.2) is 42.7 Å². The van der Waals surface area contributed by atoms with Crippen LogP contribution in [0.25, 0.3) is 0 Å². The van der Waals surface area contributed by atoms with Crippen molar-refractivity contribution in [1.82, 2.24) is 9.88 Å². The lowest BCUT2D eigenvalue weighted by Crippen LogP contribution is -2.30. The quantitative estimate of drug-likeness (QED) is 0.889. The Labute approximate surface area is 123 Å². The summed E-state index contributed by atoms with van der Waals surface area (Å²) in [5, 5.41) is 0. The summed E-state index contributed by atoms with van der Waals surface area (Å²) in [6.07, 6.45) is 4.42. The van der Waals surface area contributed by atoms with E-state index in [4.69, 9.17) is 5.73 Å². The largest absolute Gasteiger partial charge is 0.323 e. The maximum absolute atomic E-state index is 13.2. The summed E-state index contributed by atoms with van der Waals surface area (Å²) >= 11 is 0. The number of hydrogen-bond donors (Lipinski definition) is 1. The summed E-state index contributed by atoms with van der Waals surface area (Å²) in [5.41, 5.74) is 7.85. The molecule has 0 aliphatic carbocycles. The van der Waals surface area contributed by atoms with Crippen molar-refractivity contribution < 1.29 is 8.78 Å². The first-order chi connectivity index (χ1) is 10.1. The molecule has 21 heavy (non-hydrogen) atoms. The third kappa shape index (κ3) is 4.58. The zero-order valence-corrected chi connectivity index (χ0v) is 12.0. The second-order valence-corrected chi connectivity index (χ2v) is 5.15. The third-order valence-corrected chi connectivity index (χ3v) is 3.41. The van der Waals surface area contributed by atoms with E-state index in [1.165, 1.54) is 11.6 Å². The van der Waals surface area contributed by atoms with Crippen LogP contribution in [0.3, 0.4) is 0 Å². The zero-order chi connectivity index (χ0) is 15.2. The molecule has 0 bridgehead atoms. The Morgan fingerprint density at radius 1 is 1.14 bits per heavy atom. The van der Waals surface area contributed by atoms with Gasteiger partial charge in [0.1, 0.15) is 0 Å². The number of likely N-dealkylation sites (N-methyl/N-ethyl adjacent to an activating group) is 1. The van der Waals surface area contributed by atoms with Crippen LogP contribution in [0.2, 0.25) is 0 Å². The van der Waals surface area contributed by atoms with E-state index in [0.717, 1.165) is 25.1 Å². The number of nitrogens with zero attached hydrogens (tertiary/aromatic N) is 2. The van der Waals surface area contributed by atoms with Gasteiger partial charge in [0.05, 0.1) is 0 Å². The van der Waals surface area contributed by atoms with E-state index < -0.39 is 11.6 Å². The van der Waals surface area contributed by atoms with Crippen LogP contribution >= 0.6 is 0 Å². The van der Waals surface area contributed by atoms with Crippen molar-refractivity contribution in [2.75, 3.05) is 20.1 Å². The van der Waals surface area contributed by atoms with Crippen molar-refractivity contribution in [3.63, 3.8) is 0 Å². The summed E-state index contributed by atoms with van der Waals surface area (Å²) in [5.74, 6) is -1.71. The highest BCUT2D eigenvalue weighted by Gasteiger charge is 2.12. The van der Waals surface area contributed by atoms with Gasteiger partial charge in [0.25, 0.3) is 0 Å². The summed E-state index contributed by atoms with van der Waals surface area (Å²) in [4.78, 5) is 6.05. The fraction of sp³-hybridized carbons (Fsp3) is 0.312. The molecule has 0 spiro atoms. The van der Waals surface area contributed by atoms with Gasteiger partial charge in [-0.05, 0) is 48.9 Å². The molecular weight excluding hydrogens is 272 g/mol. The maximum Gasteiger partial charge on any atom is 0.159 e. The lowest BCUT2D eigenvalue weighted by Gasteiger charge is -2.21. The summed E-state index contributed by atoms with van der Waals surface area (Å²) in [6.45, 7) is 1.41. The Bertz CT molecular complexity index is 575. The molecule has 1 unspecified atom stereocenters. The van der Waals surface area contributed by atoms with Crippen molar-refractivity contribution >= 4 is 0 Å². The number of benzene rings is 1. The Morgan fingerprint density at radius 3 is 2.52 bits per heavy atom. The van der Waals surface area contributed by atoms with Gasteiger partial charge in [-0.1, -0.05) is 6.07 Å². The van der Waals surface area contributed by atoms with Crippen LogP contribution in [-0.4, -0.2) is 30.0 Å². The van der Waals surface area contributed by atoms with E-state index in [1.54, 1.807) is 12.4 Å². The molecule has 2 aromatic rings. The number of aromatic nitrogens is 1. The first-order valence-corrected chi connectivity index (χ1v) is 6.84. The molecule has 1 aromatic carbocycles. The predicted octanol–water partition coefficient (Wildman–Crippen LogP) is 2.53. The lowest BCUT2D eigenvalue weighted by atomic mass is 10.1. The standard InChI is InChI=1S/C16H19F2N3/c1-21(9-6-12-4-7-20-8-5-12)11-16(19)13-2-3-14(17)15(18)10-13/h2-5,7-8,10,16H,6,9,11,19H2,1H3. The average molecular weight is 291 g/mol. The molecule has 0 radical (unpaired) electrons. The Hall–Kier alpha value is -1.85. The van der Waals surface area contributed by atoms with Gasteiger partial charge in [0, 0.05) is 31.5 Å². The van der Waals surface area contributed by atoms with E-state index >= 15 is 0 Å². The van der Waals surface area contributed by atoms with E-state index in [1.807, 2.05) is 19.2 Å². The van der Waals surface area contributed by atoms with Crippen LogP contribution in [0.5, 0.6) is 0 Å². The molecule has 2 N–H and O–H groups in total. The Balaban J connectivity index is 1.86. The summed E-state index contributed by atoms with van der Waals surface area (Å²) in [7, 11) is 1.96. The van der Waals surface area contributed by atoms with Crippen molar-refractivity contribution in [3.8, 4) is 0 Å². The van der Waals surface area contributed by atoms with Crippen molar-refractivity contribution in [2.24, 2.45) is 5.73 Å². The second-order valence-electron chi connectivity index (χ2n) is 5.15. The normalized spacial score (nSPS) is 12.6. The second kappa shape index (κ2) is 7.24. The van der Waals surface area contributed by atoms with Crippen LogP contribution < -0.4 is 5.73 Å². The monoisotopic (exact) mass is 291 g/mol. The maximum atomic E-state index is 13.2. The predicted molar refractivity (Wildman–Crippen MR) is 78.7 cm³/mol. The summed E-state index contributed by atoms with van der Waals surface area (Å²) in [6, 6.07) is 7.41. The summed E-state index contributed by atoms with van der Waals surface area (Å²) < 4.78 is 26.1. The minimum atomic E-state index is -0.859. The van der Waals surface area contributed by atoms with Gasteiger partial charge in [-0.25, -0.2) is 8.78 Å². The molecule has 1 aromatic heterocycles. The molecule has 0 aliphatic heterocycles. The molecule has 0 aliphatic rings. The van der Waals surface area contributed by atoms with Gasteiger partial charge < -0.3 is 10.6 Å². The number of halogens is 2. The fourth-order valence-electron chi connectivity index (χ4n) is 2.14. The van der Waals surface area contributed by atoms with Crippen molar-refractivity contribution in [2.45, 2.75) is 12.5 Å². The molecule has 3 nitrogen and oxygen atoms in total. The number of rotatable bonds is 6. The third-order valence-electron chi connectivity index (χ3n) is 3.41. The van der Waals surface area contributed by atoms with Crippen molar-refractivity contribution in [1.29, 1.82) is 0 Å². The van der Waals surface area contributed by atoms with E-state index in [0.29, 0.717) is 12.1 Å². The van der Waals surface area contributed by atoms with Gasteiger partial charge in [0.2, 0.25) is 0 Å². The molecule has 0 saturated carbocycles. The lowest BCUT2D eigenvalue weighted by molar-refractivity contribution is 0.316. The van der Waals surface area contributed by atoms with E-state index in [-0.39, 0.29) is 6.04 Å². The van der Waals surface area contributed by atoms with Crippen LogP contribution in [0.4, 0.5) is 8.78 Å². The minimum absolute atomic E-state index is 0.345. The zero-order valence-electron chi connectivity index (χ0n) is 12.0. The van der Waals surface area contributed by atoms with E-state index in [9.17, 15) is 8.78 Å². The Morgan fingerprint density at radius 2 is 1.86 bits per heavy atom. The first kappa shape index (κ1) is 15.5. The van der Waals surface area contributed by atoms with Gasteiger partial charge in [-0.15, -0.1) is 0 Å². The number of pyridine rings is 1. The highest BCUT2D eigenvalue weighted by Crippen LogP contribution is 2.15. The smallest absolute Gasteiger partial charge is 0.159 e. The van der Waals surface area contributed by atoms with Crippen LogP contribution in [0, 0.1) is 11.6 Å². The average Bonchev–Trinajstić information content (AvgIpc) is 2.49. The molecule has 0 fully saturated rings.